The van der Waals surface area contributed by atoms with Crippen molar-refractivity contribution in [1.29, 1.82) is 0 Å². The Labute approximate surface area is 49.7 Å². The van der Waals surface area contributed by atoms with E-state index in [1.165, 1.54) is 6.20 Å². The molecular weight excluding hydrogens is 133 g/mol. The Morgan fingerprint density at radius 1 is 1.33 bits per heavy atom. The van der Waals surface area contributed by atoms with Crippen molar-refractivity contribution >= 4 is 0 Å². The SMILES string of the molecule is FC(F)(F)[C]1C=CNN1. The molecule has 1 aliphatic heterocycles. The van der Waals surface area contributed by atoms with Crippen LogP contribution in [0.4, 0.5) is 13.2 Å². The summed E-state index contributed by atoms with van der Waals surface area (Å²) in [5.74, 6) is 0. The fourth-order valence-electron chi connectivity index (χ4n) is 0.451. The molecule has 5 heteroatoms. The van der Waals surface area contributed by atoms with E-state index in [0.29, 0.717) is 0 Å². The van der Waals surface area contributed by atoms with Gasteiger partial charge < -0.3 is 5.43 Å². The highest BCUT2D eigenvalue weighted by Gasteiger charge is 2.40. The van der Waals surface area contributed by atoms with Gasteiger partial charge in [0.25, 0.3) is 0 Å². The second-order valence-electron chi connectivity index (χ2n) is 1.51. The standard InChI is InChI=1S/C4H4F3N2/c5-4(6,7)3-1-2-8-9-3/h1-2,8-9H. The summed E-state index contributed by atoms with van der Waals surface area (Å²) in [5, 5.41) is 0. The van der Waals surface area contributed by atoms with Gasteiger partial charge in [-0.05, 0) is 6.08 Å². The third-order valence-corrected chi connectivity index (χ3v) is 0.846. The van der Waals surface area contributed by atoms with Crippen LogP contribution in [0.2, 0.25) is 0 Å². The van der Waals surface area contributed by atoms with E-state index in [-0.39, 0.29) is 0 Å². The largest absolute Gasteiger partial charge is 0.414 e. The minimum atomic E-state index is -4.26. The number of halogens is 3. The third-order valence-electron chi connectivity index (χ3n) is 0.846. The van der Waals surface area contributed by atoms with E-state index in [1.54, 1.807) is 0 Å². The van der Waals surface area contributed by atoms with Crippen LogP contribution < -0.4 is 10.9 Å². The predicted molar refractivity (Wildman–Crippen MR) is 24.7 cm³/mol. The lowest BCUT2D eigenvalue weighted by molar-refractivity contribution is -0.113. The summed E-state index contributed by atoms with van der Waals surface area (Å²) in [5.41, 5.74) is 4.12. The van der Waals surface area contributed by atoms with Gasteiger partial charge in [-0.15, -0.1) is 0 Å². The minimum Gasteiger partial charge on any atom is -0.328 e. The number of hydrogen-bond donors (Lipinski definition) is 2. The summed E-state index contributed by atoms with van der Waals surface area (Å²) in [4.78, 5) is 0. The first kappa shape index (κ1) is 6.41. The van der Waals surface area contributed by atoms with Crippen LogP contribution in [-0.2, 0) is 0 Å². The van der Waals surface area contributed by atoms with Crippen molar-refractivity contribution in [3.05, 3.63) is 18.3 Å². The minimum absolute atomic E-state index is 0.762. The van der Waals surface area contributed by atoms with Gasteiger partial charge in [-0.25, -0.2) is 5.43 Å². The molecular formula is C4H4F3N2. The number of hydrazine groups is 1. The van der Waals surface area contributed by atoms with Crippen molar-refractivity contribution in [3.8, 4) is 0 Å². The van der Waals surface area contributed by atoms with Crippen LogP contribution in [0.15, 0.2) is 12.3 Å². The van der Waals surface area contributed by atoms with E-state index >= 15 is 0 Å². The molecule has 0 amide bonds. The molecule has 0 spiro atoms. The maximum Gasteiger partial charge on any atom is 0.414 e. The molecule has 1 aliphatic rings. The molecule has 0 fully saturated rings. The highest BCUT2D eigenvalue weighted by Crippen LogP contribution is 2.27. The Morgan fingerprint density at radius 2 is 2.00 bits per heavy atom. The number of rotatable bonds is 0. The molecule has 0 aromatic heterocycles. The molecule has 51 valence electrons. The zero-order valence-corrected chi connectivity index (χ0v) is 4.29. The lowest BCUT2D eigenvalue weighted by Gasteiger charge is -2.10. The van der Waals surface area contributed by atoms with E-state index in [0.717, 1.165) is 6.08 Å². The van der Waals surface area contributed by atoms with Gasteiger partial charge in [0, 0.05) is 6.20 Å². The maximum atomic E-state index is 11.6. The molecule has 0 unspecified atom stereocenters. The van der Waals surface area contributed by atoms with Gasteiger partial charge in [-0.2, -0.15) is 13.2 Å². The number of hydrogen-bond acceptors (Lipinski definition) is 2. The Balaban J connectivity index is 2.53. The van der Waals surface area contributed by atoms with Crippen molar-refractivity contribution in [2.45, 2.75) is 6.18 Å². The fraction of sp³-hybridized carbons (Fsp3) is 0.250. The Kier molecular flexibility index (Phi) is 1.36. The van der Waals surface area contributed by atoms with Crippen molar-refractivity contribution < 1.29 is 13.2 Å². The van der Waals surface area contributed by atoms with Crippen LogP contribution in [0.5, 0.6) is 0 Å². The molecule has 0 bridgehead atoms. The molecule has 9 heavy (non-hydrogen) atoms. The topological polar surface area (TPSA) is 24.1 Å². The van der Waals surface area contributed by atoms with Crippen LogP contribution in [0.1, 0.15) is 0 Å². The summed E-state index contributed by atoms with van der Waals surface area (Å²) in [7, 11) is 0. The molecule has 1 heterocycles. The van der Waals surface area contributed by atoms with Crippen molar-refractivity contribution in [1.82, 2.24) is 10.9 Å². The molecule has 1 rings (SSSR count). The monoisotopic (exact) mass is 137 g/mol. The molecule has 0 atom stereocenters. The summed E-state index contributed by atoms with van der Waals surface area (Å²) in [6.07, 6.45) is -2.15. The average Bonchev–Trinajstić information content (AvgIpc) is 2.08. The van der Waals surface area contributed by atoms with Crippen molar-refractivity contribution in [2.75, 3.05) is 0 Å². The van der Waals surface area contributed by atoms with E-state index in [9.17, 15) is 13.2 Å². The first-order valence-electron chi connectivity index (χ1n) is 2.23. The second kappa shape index (κ2) is 1.91. The first-order chi connectivity index (χ1) is 4.11. The van der Waals surface area contributed by atoms with E-state index in [2.05, 4.69) is 5.43 Å². The van der Waals surface area contributed by atoms with E-state index in [4.69, 9.17) is 0 Å². The van der Waals surface area contributed by atoms with Crippen molar-refractivity contribution in [3.63, 3.8) is 0 Å². The maximum absolute atomic E-state index is 11.6. The summed E-state index contributed by atoms with van der Waals surface area (Å²) in [6, 6.07) is -0.762. The summed E-state index contributed by atoms with van der Waals surface area (Å²) in [6.45, 7) is 0. The summed E-state index contributed by atoms with van der Waals surface area (Å²) < 4.78 is 34.7. The van der Waals surface area contributed by atoms with Crippen LogP contribution in [0.25, 0.3) is 0 Å². The van der Waals surface area contributed by atoms with Gasteiger partial charge in [-0.1, -0.05) is 0 Å². The molecule has 2 nitrogen and oxygen atoms in total. The number of alkyl halides is 3. The zero-order chi connectivity index (χ0) is 6.91. The Bertz CT molecular complexity index is 128. The zero-order valence-electron chi connectivity index (χ0n) is 4.29. The van der Waals surface area contributed by atoms with Crippen molar-refractivity contribution in [2.24, 2.45) is 0 Å². The number of nitrogens with one attached hydrogen (secondary N) is 2. The average molecular weight is 137 g/mol. The first-order valence-corrected chi connectivity index (χ1v) is 2.23. The molecule has 0 aromatic rings. The Morgan fingerprint density at radius 3 is 2.22 bits per heavy atom. The normalized spacial score (nSPS) is 20.3. The molecule has 0 aliphatic carbocycles. The third kappa shape index (κ3) is 1.35. The Hall–Kier alpha value is -0.710. The van der Waals surface area contributed by atoms with E-state index < -0.39 is 12.2 Å². The lowest BCUT2D eigenvalue weighted by atomic mass is 10.3. The fourth-order valence-corrected chi connectivity index (χ4v) is 0.451. The van der Waals surface area contributed by atoms with Gasteiger partial charge >= 0.3 is 6.18 Å². The molecule has 0 saturated heterocycles. The predicted octanol–water partition coefficient (Wildman–Crippen LogP) is 0.702. The second-order valence-corrected chi connectivity index (χ2v) is 1.51. The van der Waals surface area contributed by atoms with Crippen LogP contribution in [0.3, 0.4) is 0 Å². The molecule has 1 radical (unpaired) electrons. The smallest absolute Gasteiger partial charge is 0.328 e. The van der Waals surface area contributed by atoms with Gasteiger partial charge in [0.1, 0.15) is 0 Å². The highest BCUT2D eigenvalue weighted by atomic mass is 19.4. The molecule has 2 N–H and O–H groups in total. The van der Waals surface area contributed by atoms with Gasteiger partial charge in [0.05, 0.1) is 0 Å². The van der Waals surface area contributed by atoms with Gasteiger partial charge in [0.2, 0.25) is 0 Å². The van der Waals surface area contributed by atoms with Gasteiger partial charge in [0.15, 0.2) is 6.04 Å². The van der Waals surface area contributed by atoms with Gasteiger partial charge in [-0.3, -0.25) is 0 Å². The molecule has 0 saturated carbocycles. The van der Waals surface area contributed by atoms with Crippen LogP contribution >= 0.6 is 0 Å². The lowest BCUT2D eigenvalue weighted by Crippen LogP contribution is -2.34. The summed E-state index contributed by atoms with van der Waals surface area (Å²) >= 11 is 0. The molecule has 0 aromatic carbocycles. The van der Waals surface area contributed by atoms with Crippen LogP contribution in [-0.4, -0.2) is 6.18 Å². The van der Waals surface area contributed by atoms with E-state index in [1.807, 2.05) is 5.43 Å². The highest BCUT2D eigenvalue weighted by molar-refractivity contribution is 5.16. The quantitative estimate of drug-likeness (QED) is 0.513. The van der Waals surface area contributed by atoms with Crippen LogP contribution in [0, 0.1) is 6.04 Å².